The Morgan fingerprint density at radius 3 is 2.19 bits per heavy atom. The van der Waals surface area contributed by atoms with Crippen molar-refractivity contribution < 1.29 is 23.8 Å². The molecule has 2 N–H and O–H groups in total. The first kappa shape index (κ1) is 20.1. The maximum atomic E-state index is 12.0. The minimum atomic E-state index is -0.450. The number of ether oxygens (including phenoxy) is 3. The van der Waals surface area contributed by atoms with E-state index in [4.69, 9.17) is 14.2 Å². The summed E-state index contributed by atoms with van der Waals surface area (Å²) in [6.45, 7) is 4.59. The van der Waals surface area contributed by atoms with Crippen molar-refractivity contribution in [1.82, 2.24) is 10.9 Å². The minimum absolute atomic E-state index is 0.0896. The molecule has 0 aliphatic rings. The fourth-order valence-corrected chi connectivity index (χ4v) is 2.28. The Morgan fingerprint density at radius 2 is 1.48 bits per heavy atom. The van der Waals surface area contributed by atoms with Crippen molar-refractivity contribution in [2.75, 3.05) is 19.8 Å². The topological polar surface area (TPSA) is 85.9 Å². The van der Waals surface area contributed by atoms with Crippen molar-refractivity contribution in [1.29, 1.82) is 0 Å². The zero-order valence-electron chi connectivity index (χ0n) is 15.5. The summed E-state index contributed by atoms with van der Waals surface area (Å²) in [5, 5.41) is 0. The number of hydrogen-bond acceptors (Lipinski definition) is 5. The Balaban J connectivity index is 1.80. The Morgan fingerprint density at radius 1 is 0.815 bits per heavy atom. The van der Waals surface area contributed by atoms with Crippen LogP contribution in [0.1, 0.15) is 19.4 Å². The van der Waals surface area contributed by atoms with E-state index in [2.05, 4.69) is 10.9 Å². The predicted octanol–water partition coefficient (Wildman–Crippen LogP) is 2.25. The number of amides is 2. The average molecular weight is 372 g/mol. The molecule has 2 aromatic carbocycles. The van der Waals surface area contributed by atoms with Crippen molar-refractivity contribution in [3.63, 3.8) is 0 Å². The van der Waals surface area contributed by atoms with E-state index in [1.807, 2.05) is 32.0 Å². The zero-order valence-corrected chi connectivity index (χ0v) is 15.5. The fourth-order valence-electron chi connectivity index (χ4n) is 2.28. The molecular weight excluding hydrogens is 348 g/mol. The largest absolute Gasteiger partial charge is 0.490 e. The summed E-state index contributed by atoms with van der Waals surface area (Å²) in [4.78, 5) is 23.8. The van der Waals surface area contributed by atoms with E-state index in [1.54, 1.807) is 30.3 Å². The molecule has 0 saturated heterocycles. The van der Waals surface area contributed by atoms with Gasteiger partial charge >= 0.3 is 0 Å². The van der Waals surface area contributed by atoms with E-state index in [0.717, 1.165) is 5.56 Å². The number of rotatable bonds is 9. The molecule has 0 radical (unpaired) electrons. The lowest BCUT2D eigenvalue weighted by Gasteiger charge is -2.13. The van der Waals surface area contributed by atoms with Crippen LogP contribution in [0, 0.1) is 0 Å². The molecule has 2 aromatic rings. The van der Waals surface area contributed by atoms with Crippen LogP contribution in [0.25, 0.3) is 0 Å². The third kappa shape index (κ3) is 6.89. The van der Waals surface area contributed by atoms with Gasteiger partial charge in [-0.25, -0.2) is 0 Å². The summed E-state index contributed by atoms with van der Waals surface area (Å²) < 4.78 is 16.3. The first-order chi connectivity index (χ1) is 13.1. The van der Waals surface area contributed by atoms with Crippen LogP contribution < -0.4 is 25.1 Å². The molecule has 2 rings (SSSR count). The number of benzene rings is 2. The molecule has 0 aromatic heterocycles. The molecule has 0 unspecified atom stereocenters. The van der Waals surface area contributed by atoms with Crippen LogP contribution in [0.2, 0.25) is 0 Å². The van der Waals surface area contributed by atoms with E-state index in [1.165, 1.54) is 0 Å². The summed E-state index contributed by atoms with van der Waals surface area (Å²) >= 11 is 0. The highest BCUT2D eigenvalue weighted by atomic mass is 16.5. The van der Waals surface area contributed by atoms with Gasteiger partial charge in [-0.15, -0.1) is 0 Å². The minimum Gasteiger partial charge on any atom is -0.490 e. The first-order valence-corrected chi connectivity index (χ1v) is 8.76. The van der Waals surface area contributed by atoms with Gasteiger partial charge in [-0.3, -0.25) is 20.4 Å². The number of hydrazine groups is 1. The fraction of sp³-hybridized carbons (Fsp3) is 0.300. The molecule has 0 bridgehead atoms. The predicted molar refractivity (Wildman–Crippen MR) is 101 cm³/mol. The quantitative estimate of drug-likeness (QED) is 0.660. The molecule has 0 aliphatic heterocycles. The number of hydrogen-bond donors (Lipinski definition) is 2. The van der Waals surface area contributed by atoms with Gasteiger partial charge in [-0.2, -0.15) is 0 Å². The van der Waals surface area contributed by atoms with Crippen LogP contribution in [0.5, 0.6) is 17.2 Å². The second-order valence-electron chi connectivity index (χ2n) is 5.52. The summed E-state index contributed by atoms with van der Waals surface area (Å²) in [6.07, 6.45) is 0.0896. The van der Waals surface area contributed by atoms with E-state index in [9.17, 15) is 9.59 Å². The van der Waals surface area contributed by atoms with E-state index in [0.29, 0.717) is 30.5 Å². The van der Waals surface area contributed by atoms with E-state index < -0.39 is 5.91 Å². The molecule has 0 spiro atoms. The highest BCUT2D eigenvalue weighted by Gasteiger charge is 2.10. The molecular formula is C20H24N2O5. The number of carbonyl (C=O) groups excluding carboxylic acids is 2. The van der Waals surface area contributed by atoms with Crippen molar-refractivity contribution in [3.05, 3.63) is 54.1 Å². The Bertz CT molecular complexity index is 749. The van der Waals surface area contributed by atoms with E-state index >= 15 is 0 Å². The van der Waals surface area contributed by atoms with Crippen molar-refractivity contribution in [3.8, 4) is 17.2 Å². The molecule has 7 heteroatoms. The van der Waals surface area contributed by atoms with Gasteiger partial charge in [0, 0.05) is 0 Å². The lowest BCUT2D eigenvalue weighted by molar-refractivity contribution is -0.129. The van der Waals surface area contributed by atoms with Gasteiger partial charge in [0.05, 0.1) is 19.6 Å². The Hall–Kier alpha value is -3.22. The van der Waals surface area contributed by atoms with Gasteiger partial charge < -0.3 is 14.2 Å². The molecule has 7 nitrogen and oxygen atoms in total. The van der Waals surface area contributed by atoms with Crippen LogP contribution in [-0.4, -0.2) is 31.6 Å². The van der Waals surface area contributed by atoms with Crippen LogP contribution in [0.4, 0.5) is 0 Å². The van der Waals surface area contributed by atoms with Gasteiger partial charge in [-0.1, -0.05) is 24.3 Å². The van der Waals surface area contributed by atoms with Gasteiger partial charge in [0.25, 0.3) is 5.91 Å². The molecule has 0 heterocycles. The van der Waals surface area contributed by atoms with Gasteiger partial charge in [0.15, 0.2) is 18.1 Å². The maximum absolute atomic E-state index is 12.0. The second kappa shape index (κ2) is 10.7. The summed E-state index contributed by atoms with van der Waals surface area (Å²) in [6, 6.07) is 14.3. The third-order valence-electron chi connectivity index (χ3n) is 3.43. The standard InChI is InChI=1S/C20H24N2O5/c1-3-25-17-11-10-15(12-18(17)26-4-2)13-19(23)21-22-20(24)14-27-16-8-6-5-7-9-16/h5-12H,3-4,13-14H2,1-2H3,(H,21,23)(H,22,24). The number of carbonyl (C=O) groups is 2. The third-order valence-corrected chi connectivity index (χ3v) is 3.43. The van der Waals surface area contributed by atoms with Gasteiger partial charge in [0.1, 0.15) is 5.75 Å². The normalized spacial score (nSPS) is 10.0. The van der Waals surface area contributed by atoms with Crippen molar-refractivity contribution >= 4 is 11.8 Å². The maximum Gasteiger partial charge on any atom is 0.276 e. The van der Waals surface area contributed by atoms with E-state index in [-0.39, 0.29) is 18.9 Å². The highest BCUT2D eigenvalue weighted by Crippen LogP contribution is 2.28. The van der Waals surface area contributed by atoms with Crippen LogP contribution >= 0.6 is 0 Å². The van der Waals surface area contributed by atoms with Crippen molar-refractivity contribution in [2.45, 2.75) is 20.3 Å². The summed E-state index contributed by atoms with van der Waals surface area (Å²) in [7, 11) is 0. The summed E-state index contributed by atoms with van der Waals surface area (Å²) in [5.74, 6) is 1.00. The van der Waals surface area contributed by atoms with Crippen LogP contribution in [0.3, 0.4) is 0 Å². The molecule has 2 amide bonds. The summed E-state index contributed by atoms with van der Waals surface area (Å²) in [5.41, 5.74) is 5.44. The average Bonchev–Trinajstić information content (AvgIpc) is 2.68. The molecule has 27 heavy (non-hydrogen) atoms. The lowest BCUT2D eigenvalue weighted by atomic mass is 10.1. The smallest absolute Gasteiger partial charge is 0.276 e. The molecule has 0 saturated carbocycles. The SMILES string of the molecule is CCOc1ccc(CC(=O)NNC(=O)COc2ccccc2)cc1OCC. The molecule has 0 atom stereocenters. The second-order valence-corrected chi connectivity index (χ2v) is 5.52. The monoisotopic (exact) mass is 372 g/mol. The molecule has 144 valence electrons. The van der Waals surface area contributed by atoms with Gasteiger partial charge in [-0.05, 0) is 43.7 Å². The molecule has 0 aliphatic carbocycles. The highest BCUT2D eigenvalue weighted by molar-refractivity contribution is 5.84. The van der Waals surface area contributed by atoms with Crippen molar-refractivity contribution in [2.24, 2.45) is 0 Å². The first-order valence-electron chi connectivity index (χ1n) is 8.76. The molecule has 0 fully saturated rings. The Labute approximate surface area is 158 Å². The number of nitrogens with one attached hydrogen (secondary N) is 2. The van der Waals surface area contributed by atoms with Gasteiger partial charge in [0.2, 0.25) is 5.91 Å². The number of para-hydroxylation sites is 1. The Kier molecular flexibility index (Phi) is 7.96. The van der Waals surface area contributed by atoms with Crippen LogP contribution in [0.15, 0.2) is 48.5 Å². The zero-order chi connectivity index (χ0) is 19.5. The van der Waals surface area contributed by atoms with Crippen LogP contribution in [-0.2, 0) is 16.0 Å². The lowest BCUT2D eigenvalue weighted by Crippen LogP contribution is -2.44.